The highest BCUT2D eigenvalue weighted by atomic mass is 35.5. The lowest BCUT2D eigenvalue weighted by atomic mass is 10.2. The normalized spacial score (nSPS) is 11.2. The summed E-state index contributed by atoms with van der Waals surface area (Å²) in [4.78, 5) is 0.0606. The molecule has 0 saturated heterocycles. The molecule has 25 heavy (non-hydrogen) atoms. The summed E-state index contributed by atoms with van der Waals surface area (Å²) in [6.45, 7) is 0.996. The second-order valence-electron chi connectivity index (χ2n) is 5.26. The molecule has 2 aromatic carbocycles. The first-order valence-corrected chi connectivity index (χ1v) is 9.38. The van der Waals surface area contributed by atoms with Gasteiger partial charge in [-0.2, -0.15) is 4.31 Å². The monoisotopic (exact) mass is 404 g/mol. The minimum Gasteiger partial charge on any atom is -0.495 e. The van der Waals surface area contributed by atoms with Crippen LogP contribution in [0.5, 0.6) is 5.75 Å². The second-order valence-corrected chi connectivity index (χ2v) is 7.60. The van der Waals surface area contributed by atoms with Gasteiger partial charge in [-0.15, -0.1) is 12.4 Å². The number of halogens is 2. The van der Waals surface area contributed by atoms with Gasteiger partial charge in [0, 0.05) is 18.1 Å². The molecular formula is C17H22Cl2N2O3S. The van der Waals surface area contributed by atoms with Crippen LogP contribution >= 0.6 is 24.0 Å². The summed E-state index contributed by atoms with van der Waals surface area (Å²) in [6.07, 6.45) is 0.564. The second kappa shape index (κ2) is 9.99. The predicted molar refractivity (Wildman–Crippen MR) is 103 cm³/mol. The summed E-state index contributed by atoms with van der Waals surface area (Å²) in [6, 6.07) is 14.0. The van der Waals surface area contributed by atoms with Crippen LogP contribution in [0.1, 0.15) is 12.0 Å². The molecule has 0 spiro atoms. The van der Waals surface area contributed by atoms with Crippen LogP contribution in [0.2, 0.25) is 5.02 Å². The third kappa shape index (κ3) is 5.59. The minimum atomic E-state index is -3.77. The quantitative estimate of drug-likeness (QED) is 0.732. The number of nitrogens with zero attached hydrogens (tertiary/aromatic N) is 1. The molecule has 0 radical (unpaired) electrons. The van der Waals surface area contributed by atoms with E-state index in [2.05, 4.69) is 0 Å². The van der Waals surface area contributed by atoms with Gasteiger partial charge < -0.3 is 10.5 Å². The molecule has 0 aliphatic rings. The van der Waals surface area contributed by atoms with Crippen molar-refractivity contribution in [3.05, 3.63) is 59.1 Å². The fourth-order valence-corrected chi connectivity index (χ4v) is 4.22. The van der Waals surface area contributed by atoms with E-state index in [1.807, 2.05) is 30.3 Å². The van der Waals surface area contributed by atoms with Crippen LogP contribution in [0.3, 0.4) is 0 Å². The Labute approximate surface area is 160 Å². The van der Waals surface area contributed by atoms with Crippen molar-refractivity contribution in [1.29, 1.82) is 0 Å². The van der Waals surface area contributed by atoms with E-state index < -0.39 is 10.0 Å². The Morgan fingerprint density at radius 2 is 1.84 bits per heavy atom. The zero-order valence-corrected chi connectivity index (χ0v) is 16.3. The van der Waals surface area contributed by atoms with Crippen molar-refractivity contribution >= 4 is 34.0 Å². The molecule has 8 heteroatoms. The maximum atomic E-state index is 13.1. The van der Waals surface area contributed by atoms with Crippen LogP contribution in [0.25, 0.3) is 0 Å². The van der Waals surface area contributed by atoms with Crippen molar-refractivity contribution < 1.29 is 13.2 Å². The van der Waals surface area contributed by atoms with Crippen LogP contribution in [0.4, 0.5) is 0 Å². The van der Waals surface area contributed by atoms with Gasteiger partial charge >= 0.3 is 0 Å². The van der Waals surface area contributed by atoms with Gasteiger partial charge in [-0.1, -0.05) is 41.9 Å². The molecule has 0 atom stereocenters. The molecule has 0 aliphatic heterocycles. The van der Waals surface area contributed by atoms with Crippen molar-refractivity contribution in [3.63, 3.8) is 0 Å². The SMILES string of the molecule is COc1ccc(Cl)cc1S(=O)(=O)N(CCCN)Cc1ccccc1.Cl. The Bertz CT molecular complexity index is 771. The highest BCUT2D eigenvalue weighted by molar-refractivity contribution is 7.89. The molecule has 138 valence electrons. The Morgan fingerprint density at radius 1 is 1.16 bits per heavy atom. The number of benzene rings is 2. The first-order valence-electron chi connectivity index (χ1n) is 7.56. The summed E-state index contributed by atoms with van der Waals surface area (Å²) >= 11 is 5.99. The van der Waals surface area contributed by atoms with Crippen LogP contribution in [0, 0.1) is 0 Å². The number of methoxy groups -OCH3 is 1. The minimum absolute atomic E-state index is 0. The molecule has 2 aromatic rings. The average molecular weight is 405 g/mol. The molecule has 0 aliphatic carbocycles. The lowest BCUT2D eigenvalue weighted by Crippen LogP contribution is -2.33. The smallest absolute Gasteiger partial charge is 0.247 e. The van der Waals surface area contributed by atoms with E-state index >= 15 is 0 Å². The van der Waals surface area contributed by atoms with Gasteiger partial charge in [-0.05, 0) is 36.7 Å². The standard InChI is InChI=1S/C17H21ClN2O3S.ClH/c1-23-16-9-8-15(18)12-17(16)24(21,22)20(11-5-10-19)13-14-6-3-2-4-7-14;/h2-4,6-9,12H,5,10-11,13,19H2,1H3;1H. The van der Waals surface area contributed by atoms with Crippen LogP contribution in [0.15, 0.2) is 53.4 Å². The van der Waals surface area contributed by atoms with Gasteiger partial charge in [0.1, 0.15) is 10.6 Å². The number of hydrogen-bond donors (Lipinski definition) is 1. The lowest BCUT2D eigenvalue weighted by molar-refractivity contribution is 0.383. The summed E-state index contributed by atoms with van der Waals surface area (Å²) in [5, 5.41) is 0.341. The van der Waals surface area contributed by atoms with E-state index in [4.69, 9.17) is 22.1 Å². The number of nitrogens with two attached hydrogens (primary N) is 1. The summed E-state index contributed by atoms with van der Waals surface area (Å²) in [5.41, 5.74) is 6.47. The zero-order valence-electron chi connectivity index (χ0n) is 13.9. The Kier molecular flexibility index (Phi) is 8.68. The Hall–Kier alpha value is -1.31. The number of sulfonamides is 1. The molecule has 0 fully saturated rings. The van der Waals surface area contributed by atoms with E-state index in [9.17, 15) is 8.42 Å². The summed E-state index contributed by atoms with van der Waals surface area (Å²) in [5.74, 6) is 0.269. The fourth-order valence-electron chi connectivity index (χ4n) is 2.33. The average Bonchev–Trinajstić information content (AvgIpc) is 2.59. The molecule has 0 unspecified atom stereocenters. The molecule has 2 rings (SSSR count). The van der Waals surface area contributed by atoms with Crippen molar-refractivity contribution in [3.8, 4) is 5.75 Å². The van der Waals surface area contributed by atoms with E-state index in [1.165, 1.54) is 17.5 Å². The molecule has 0 amide bonds. The molecule has 0 saturated carbocycles. The summed E-state index contributed by atoms with van der Waals surface area (Å²) in [7, 11) is -2.33. The molecule has 0 heterocycles. The first kappa shape index (κ1) is 21.7. The highest BCUT2D eigenvalue weighted by Crippen LogP contribution is 2.30. The Morgan fingerprint density at radius 3 is 2.44 bits per heavy atom. The molecule has 2 N–H and O–H groups in total. The lowest BCUT2D eigenvalue weighted by Gasteiger charge is -2.23. The van der Waals surface area contributed by atoms with Gasteiger partial charge in [0.25, 0.3) is 0 Å². The first-order chi connectivity index (χ1) is 11.5. The van der Waals surface area contributed by atoms with Crippen LogP contribution < -0.4 is 10.5 Å². The van der Waals surface area contributed by atoms with Gasteiger partial charge in [0.15, 0.2) is 0 Å². The largest absolute Gasteiger partial charge is 0.495 e. The van der Waals surface area contributed by atoms with E-state index in [-0.39, 0.29) is 29.6 Å². The van der Waals surface area contributed by atoms with E-state index in [0.717, 1.165) is 5.56 Å². The predicted octanol–water partition coefficient (Wildman–Crippen LogP) is 3.31. The van der Waals surface area contributed by atoms with E-state index in [1.54, 1.807) is 12.1 Å². The van der Waals surface area contributed by atoms with Gasteiger partial charge in [0.2, 0.25) is 10.0 Å². The molecule has 0 aromatic heterocycles. The van der Waals surface area contributed by atoms with Crippen molar-refractivity contribution in [2.75, 3.05) is 20.2 Å². The zero-order chi connectivity index (χ0) is 17.6. The number of hydrogen-bond acceptors (Lipinski definition) is 4. The van der Waals surface area contributed by atoms with Gasteiger partial charge in [-0.25, -0.2) is 8.42 Å². The highest BCUT2D eigenvalue weighted by Gasteiger charge is 2.28. The van der Waals surface area contributed by atoms with E-state index in [0.29, 0.717) is 24.5 Å². The number of rotatable bonds is 8. The Balaban J connectivity index is 0.00000312. The fraction of sp³-hybridized carbons (Fsp3) is 0.294. The van der Waals surface area contributed by atoms with Crippen LogP contribution in [-0.2, 0) is 16.6 Å². The molecule has 5 nitrogen and oxygen atoms in total. The van der Waals surface area contributed by atoms with Crippen molar-refractivity contribution in [2.45, 2.75) is 17.9 Å². The van der Waals surface area contributed by atoms with Gasteiger partial charge in [-0.3, -0.25) is 0 Å². The number of ether oxygens (including phenoxy) is 1. The van der Waals surface area contributed by atoms with Crippen molar-refractivity contribution in [1.82, 2.24) is 4.31 Å². The topological polar surface area (TPSA) is 72.6 Å². The third-order valence-corrected chi connectivity index (χ3v) is 5.66. The maximum absolute atomic E-state index is 13.1. The molecule has 0 bridgehead atoms. The third-order valence-electron chi connectivity index (χ3n) is 3.56. The summed E-state index contributed by atoms with van der Waals surface area (Å²) < 4.78 is 32.9. The maximum Gasteiger partial charge on any atom is 0.247 e. The molecular weight excluding hydrogens is 383 g/mol. The van der Waals surface area contributed by atoms with Crippen LogP contribution in [-0.4, -0.2) is 32.9 Å². The van der Waals surface area contributed by atoms with Crippen molar-refractivity contribution in [2.24, 2.45) is 5.73 Å². The van der Waals surface area contributed by atoms with Gasteiger partial charge in [0.05, 0.1) is 7.11 Å².